The minimum atomic E-state index is -0.980. The number of hydrogen-bond acceptors (Lipinski definition) is 3. The summed E-state index contributed by atoms with van der Waals surface area (Å²) in [5.41, 5.74) is 5.82. The standard InChI is InChI=1S/C9H9ClFNO2/c1-14-9(13)8(12)5-2-3-6(10)7(11)4-5/h2-4,8H,12H2,1H3. The zero-order chi connectivity index (χ0) is 10.7. The van der Waals surface area contributed by atoms with E-state index in [0.29, 0.717) is 5.56 Å². The molecule has 0 saturated carbocycles. The van der Waals surface area contributed by atoms with Crippen molar-refractivity contribution in [2.75, 3.05) is 7.11 Å². The van der Waals surface area contributed by atoms with Crippen molar-refractivity contribution in [1.29, 1.82) is 0 Å². The number of rotatable bonds is 2. The third-order valence-corrected chi connectivity index (χ3v) is 2.06. The van der Waals surface area contributed by atoms with Gasteiger partial charge in [-0.05, 0) is 17.7 Å². The first-order valence-corrected chi connectivity index (χ1v) is 4.22. The molecule has 0 aliphatic rings. The fraction of sp³-hybridized carbons (Fsp3) is 0.222. The molecule has 0 heterocycles. The Morgan fingerprint density at radius 3 is 2.79 bits per heavy atom. The Morgan fingerprint density at radius 1 is 1.64 bits per heavy atom. The number of methoxy groups -OCH3 is 1. The van der Waals surface area contributed by atoms with Gasteiger partial charge in [0.15, 0.2) is 0 Å². The molecule has 1 unspecified atom stereocenters. The Morgan fingerprint density at radius 2 is 2.29 bits per heavy atom. The van der Waals surface area contributed by atoms with Gasteiger partial charge in [-0.1, -0.05) is 17.7 Å². The van der Waals surface area contributed by atoms with Gasteiger partial charge >= 0.3 is 5.97 Å². The van der Waals surface area contributed by atoms with Gasteiger partial charge in [-0.25, -0.2) is 4.39 Å². The van der Waals surface area contributed by atoms with E-state index in [1.165, 1.54) is 19.2 Å². The number of carbonyl (C=O) groups is 1. The van der Waals surface area contributed by atoms with Crippen molar-refractivity contribution in [3.8, 4) is 0 Å². The molecule has 0 aliphatic heterocycles. The highest BCUT2D eigenvalue weighted by Crippen LogP contribution is 2.19. The SMILES string of the molecule is COC(=O)C(N)c1ccc(Cl)c(F)c1. The van der Waals surface area contributed by atoms with Gasteiger partial charge < -0.3 is 10.5 Å². The summed E-state index contributed by atoms with van der Waals surface area (Å²) in [4.78, 5) is 11.0. The molecule has 3 nitrogen and oxygen atoms in total. The van der Waals surface area contributed by atoms with Gasteiger partial charge in [0.05, 0.1) is 12.1 Å². The molecule has 0 bridgehead atoms. The van der Waals surface area contributed by atoms with Crippen LogP contribution in [0.15, 0.2) is 18.2 Å². The predicted octanol–water partition coefficient (Wildman–Crippen LogP) is 1.65. The summed E-state index contributed by atoms with van der Waals surface area (Å²) in [6.45, 7) is 0. The van der Waals surface area contributed by atoms with Gasteiger partial charge in [-0.3, -0.25) is 4.79 Å². The highest BCUT2D eigenvalue weighted by molar-refractivity contribution is 6.30. The summed E-state index contributed by atoms with van der Waals surface area (Å²) in [5.74, 6) is -1.23. The van der Waals surface area contributed by atoms with Crippen LogP contribution >= 0.6 is 11.6 Å². The Balaban J connectivity index is 2.96. The first-order valence-electron chi connectivity index (χ1n) is 3.84. The van der Waals surface area contributed by atoms with Crippen molar-refractivity contribution >= 4 is 17.6 Å². The first kappa shape index (κ1) is 10.9. The third-order valence-electron chi connectivity index (χ3n) is 1.76. The number of carbonyl (C=O) groups excluding carboxylic acids is 1. The van der Waals surface area contributed by atoms with E-state index in [2.05, 4.69) is 4.74 Å². The second kappa shape index (κ2) is 4.39. The number of nitrogens with two attached hydrogens (primary N) is 1. The molecule has 76 valence electrons. The minimum Gasteiger partial charge on any atom is -0.468 e. The summed E-state index contributed by atoms with van der Waals surface area (Å²) in [6.07, 6.45) is 0. The summed E-state index contributed by atoms with van der Waals surface area (Å²) in [5, 5.41) is -0.00850. The second-order valence-corrected chi connectivity index (χ2v) is 3.08. The van der Waals surface area contributed by atoms with Crippen LogP contribution in [0.1, 0.15) is 11.6 Å². The smallest absolute Gasteiger partial charge is 0.327 e. The van der Waals surface area contributed by atoms with Gasteiger partial charge in [0, 0.05) is 0 Å². The lowest BCUT2D eigenvalue weighted by Crippen LogP contribution is -2.22. The molecule has 0 radical (unpaired) electrons. The lowest BCUT2D eigenvalue weighted by Gasteiger charge is -2.09. The van der Waals surface area contributed by atoms with Crippen LogP contribution in [0.25, 0.3) is 0 Å². The third kappa shape index (κ3) is 2.21. The topological polar surface area (TPSA) is 52.3 Å². The molecule has 0 spiro atoms. The maximum atomic E-state index is 13.0. The molecule has 1 atom stereocenters. The van der Waals surface area contributed by atoms with Crippen molar-refractivity contribution in [2.24, 2.45) is 5.73 Å². The lowest BCUT2D eigenvalue weighted by molar-refractivity contribution is -0.142. The van der Waals surface area contributed by atoms with Crippen molar-refractivity contribution in [3.63, 3.8) is 0 Å². The molecule has 5 heteroatoms. The maximum Gasteiger partial charge on any atom is 0.327 e. The zero-order valence-corrected chi connectivity index (χ0v) is 8.22. The molecule has 0 saturated heterocycles. The normalized spacial score (nSPS) is 12.3. The van der Waals surface area contributed by atoms with Gasteiger partial charge in [-0.15, -0.1) is 0 Å². The van der Waals surface area contributed by atoms with Gasteiger partial charge in [0.25, 0.3) is 0 Å². The number of benzene rings is 1. The molecule has 0 aliphatic carbocycles. The molecule has 1 aromatic rings. The first-order chi connectivity index (χ1) is 6.56. The maximum absolute atomic E-state index is 13.0. The van der Waals surface area contributed by atoms with Crippen LogP contribution in [-0.4, -0.2) is 13.1 Å². The molecular weight excluding hydrogens is 209 g/mol. The summed E-state index contributed by atoms with van der Waals surface area (Å²) in [6, 6.07) is 2.96. The van der Waals surface area contributed by atoms with Crippen LogP contribution in [0.4, 0.5) is 4.39 Å². The Bertz CT molecular complexity index is 357. The molecular formula is C9H9ClFNO2. The average molecular weight is 218 g/mol. The number of halogens is 2. The minimum absolute atomic E-state index is 0.00850. The summed E-state index contributed by atoms with van der Waals surface area (Å²) >= 11 is 5.47. The predicted molar refractivity (Wildman–Crippen MR) is 50.4 cm³/mol. The Labute approximate surface area is 85.6 Å². The van der Waals surface area contributed by atoms with E-state index in [9.17, 15) is 9.18 Å². The van der Waals surface area contributed by atoms with Crippen LogP contribution in [0.2, 0.25) is 5.02 Å². The van der Waals surface area contributed by atoms with Gasteiger partial charge in [-0.2, -0.15) is 0 Å². The quantitative estimate of drug-likeness (QED) is 0.767. The van der Waals surface area contributed by atoms with Crippen LogP contribution in [0, 0.1) is 5.82 Å². The average Bonchev–Trinajstić information content (AvgIpc) is 2.20. The number of hydrogen-bond donors (Lipinski definition) is 1. The highest BCUT2D eigenvalue weighted by Gasteiger charge is 2.17. The molecule has 0 amide bonds. The molecule has 0 aromatic heterocycles. The van der Waals surface area contributed by atoms with Crippen LogP contribution < -0.4 is 5.73 Å². The molecule has 2 N–H and O–H groups in total. The largest absolute Gasteiger partial charge is 0.468 e. The fourth-order valence-electron chi connectivity index (χ4n) is 0.969. The van der Waals surface area contributed by atoms with Crippen LogP contribution in [0.5, 0.6) is 0 Å². The van der Waals surface area contributed by atoms with E-state index in [1.807, 2.05) is 0 Å². The fourth-order valence-corrected chi connectivity index (χ4v) is 1.09. The Hall–Kier alpha value is -1.13. The van der Waals surface area contributed by atoms with Crippen molar-refractivity contribution in [2.45, 2.75) is 6.04 Å². The van der Waals surface area contributed by atoms with Gasteiger partial charge in [0.2, 0.25) is 0 Å². The van der Waals surface area contributed by atoms with E-state index in [-0.39, 0.29) is 5.02 Å². The second-order valence-electron chi connectivity index (χ2n) is 2.67. The lowest BCUT2D eigenvalue weighted by atomic mass is 10.1. The highest BCUT2D eigenvalue weighted by atomic mass is 35.5. The molecule has 0 fully saturated rings. The zero-order valence-electron chi connectivity index (χ0n) is 7.46. The van der Waals surface area contributed by atoms with Crippen LogP contribution in [-0.2, 0) is 9.53 Å². The summed E-state index contributed by atoms with van der Waals surface area (Å²) in [7, 11) is 1.22. The van der Waals surface area contributed by atoms with E-state index in [4.69, 9.17) is 17.3 Å². The molecule has 1 aromatic carbocycles. The monoisotopic (exact) mass is 217 g/mol. The van der Waals surface area contributed by atoms with Gasteiger partial charge in [0.1, 0.15) is 11.9 Å². The van der Waals surface area contributed by atoms with E-state index in [0.717, 1.165) is 6.07 Å². The Kier molecular flexibility index (Phi) is 3.43. The van der Waals surface area contributed by atoms with Crippen molar-refractivity contribution < 1.29 is 13.9 Å². The summed E-state index contributed by atoms with van der Waals surface area (Å²) < 4.78 is 17.4. The van der Waals surface area contributed by atoms with Crippen molar-refractivity contribution in [1.82, 2.24) is 0 Å². The van der Waals surface area contributed by atoms with E-state index < -0.39 is 17.8 Å². The van der Waals surface area contributed by atoms with E-state index in [1.54, 1.807) is 0 Å². The number of esters is 1. The van der Waals surface area contributed by atoms with Crippen LogP contribution in [0.3, 0.4) is 0 Å². The van der Waals surface area contributed by atoms with Crippen molar-refractivity contribution in [3.05, 3.63) is 34.6 Å². The molecule has 1 rings (SSSR count). The molecule has 14 heavy (non-hydrogen) atoms. The number of ether oxygens (including phenoxy) is 1. The van der Waals surface area contributed by atoms with E-state index >= 15 is 0 Å².